The van der Waals surface area contributed by atoms with Gasteiger partial charge in [-0.1, -0.05) is 6.07 Å². The zero-order chi connectivity index (χ0) is 22.1. The minimum Gasteiger partial charge on any atom is -0.496 e. The van der Waals surface area contributed by atoms with Crippen LogP contribution in [0.25, 0.3) is 0 Å². The van der Waals surface area contributed by atoms with Crippen LogP contribution in [-0.2, 0) is 16.1 Å². The highest BCUT2D eigenvalue weighted by atomic mass is 19.3. The fourth-order valence-electron chi connectivity index (χ4n) is 2.49. The van der Waals surface area contributed by atoms with Crippen molar-refractivity contribution < 1.29 is 42.1 Å². The minimum atomic E-state index is -3.02. The summed E-state index contributed by atoms with van der Waals surface area (Å²) < 4.78 is 49.3. The summed E-state index contributed by atoms with van der Waals surface area (Å²) >= 11 is 0. The van der Waals surface area contributed by atoms with E-state index in [1.807, 2.05) is 0 Å². The first kappa shape index (κ1) is 22.7. The summed E-state index contributed by atoms with van der Waals surface area (Å²) in [6, 6.07) is 8.35. The number of ether oxygens (including phenoxy) is 5. The number of nitrogens with one attached hydrogen (secondary N) is 1. The molecule has 1 amide bonds. The number of hydrogen-bond donors (Lipinski definition) is 1. The average molecular weight is 425 g/mol. The van der Waals surface area contributed by atoms with Crippen LogP contribution in [0, 0.1) is 0 Å². The largest absolute Gasteiger partial charge is 0.496 e. The number of methoxy groups -OCH3 is 3. The van der Waals surface area contributed by atoms with Crippen molar-refractivity contribution in [2.24, 2.45) is 0 Å². The lowest BCUT2D eigenvalue weighted by molar-refractivity contribution is -0.124. The van der Waals surface area contributed by atoms with Crippen molar-refractivity contribution in [1.82, 2.24) is 5.32 Å². The van der Waals surface area contributed by atoms with Crippen molar-refractivity contribution in [1.29, 1.82) is 0 Å². The number of halogens is 2. The molecule has 0 fully saturated rings. The Morgan fingerprint density at radius 2 is 1.63 bits per heavy atom. The second-order valence-electron chi connectivity index (χ2n) is 5.78. The molecule has 0 spiro atoms. The van der Waals surface area contributed by atoms with E-state index in [0.717, 1.165) is 6.07 Å². The molecule has 2 rings (SSSR count). The van der Waals surface area contributed by atoms with Gasteiger partial charge < -0.3 is 29.0 Å². The molecule has 0 heterocycles. The second-order valence-corrected chi connectivity index (χ2v) is 5.78. The first-order valence-electron chi connectivity index (χ1n) is 8.65. The average Bonchev–Trinajstić information content (AvgIpc) is 2.74. The second kappa shape index (κ2) is 10.8. The molecule has 30 heavy (non-hydrogen) atoms. The highest BCUT2D eigenvalue weighted by molar-refractivity contribution is 5.91. The van der Waals surface area contributed by atoms with Gasteiger partial charge in [0.25, 0.3) is 5.91 Å². The van der Waals surface area contributed by atoms with E-state index in [1.165, 1.54) is 39.5 Å². The van der Waals surface area contributed by atoms with Crippen LogP contribution in [0.1, 0.15) is 15.9 Å². The zero-order valence-electron chi connectivity index (χ0n) is 16.6. The van der Waals surface area contributed by atoms with Crippen LogP contribution in [-0.4, -0.2) is 46.4 Å². The number of amides is 1. The number of benzene rings is 2. The van der Waals surface area contributed by atoms with Crippen LogP contribution >= 0.6 is 0 Å². The fourth-order valence-corrected chi connectivity index (χ4v) is 2.49. The van der Waals surface area contributed by atoms with Crippen LogP contribution < -0.4 is 24.3 Å². The number of carbonyl (C=O) groups is 2. The smallest absolute Gasteiger partial charge is 0.387 e. The summed E-state index contributed by atoms with van der Waals surface area (Å²) in [5.74, 6) is -0.213. The lowest BCUT2D eigenvalue weighted by atomic mass is 10.1. The highest BCUT2D eigenvalue weighted by Crippen LogP contribution is 2.34. The Balaban J connectivity index is 1.93. The lowest BCUT2D eigenvalue weighted by Gasteiger charge is -2.14. The number of esters is 1. The quantitative estimate of drug-likeness (QED) is 0.585. The van der Waals surface area contributed by atoms with Crippen molar-refractivity contribution >= 4 is 11.9 Å². The van der Waals surface area contributed by atoms with E-state index >= 15 is 0 Å². The third kappa shape index (κ3) is 6.23. The Morgan fingerprint density at radius 3 is 2.27 bits per heavy atom. The summed E-state index contributed by atoms with van der Waals surface area (Å²) in [6.45, 7) is -3.50. The number of carbonyl (C=O) groups excluding carboxylic acids is 2. The van der Waals surface area contributed by atoms with Crippen molar-refractivity contribution in [2.75, 3.05) is 27.9 Å². The fraction of sp³-hybridized carbons (Fsp3) is 0.300. The van der Waals surface area contributed by atoms with Gasteiger partial charge in [0.15, 0.2) is 18.1 Å². The number of hydrogen-bond acceptors (Lipinski definition) is 7. The molecule has 0 atom stereocenters. The topological polar surface area (TPSA) is 92.3 Å². The van der Waals surface area contributed by atoms with Gasteiger partial charge in [0.05, 0.1) is 26.9 Å². The van der Waals surface area contributed by atoms with Crippen LogP contribution in [0.15, 0.2) is 36.4 Å². The maximum Gasteiger partial charge on any atom is 0.387 e. The third-order valence-corrected chi connectivity index (χ3v) is 3.89. The maximum atomic E-state index is 12.3. The van der Waals surface area contributed by atoms with Crippen LogP contribution in [0.3, 0.4) is 0 Å². The Morgan fingerprint density at radius 1 is 0.967 bits per heavy atom. The van der Waals surface area contributed by atoms with Gasteiger partial charge in [-0.2, -0.15) is 8.78 Å². The molecule has 0 aliphatic heterocycles. The van der Waals surface area contributed by atoms with Crippen molar-refractivity contribution in [2.45, 2.75) is 13.2 Å². The standard InChI is InChI=1S/C20H21F2NO7/c1-26-15-9-17(28-3)16(27-2)8-13(15)10-23-18(24)11-29-19(25)12-5-4-6-14(7-12)30-20(21)22/h4-9,20H,10-11H2,1-3H3,(H,23,24). The van der Waals surface area contributed by atoms with E-state index in [0.29, 0.717) is 22.8 Å². The maximum absolute atomic E-state index is 12.3. The van der Waals surface area contributed by atoms with Crippen LogP contribution in [0.5, 0.6) is 23.0 Å². The van der Waals surface area contributed by atoms with E-state index in [2.05, 4.69) is 10.1 Å². The summed E-state index contributed by atoms with van der Waals surface area (Å²) in [5, 5.41) is 2.59. The highest BCUT2D eigenvalue weighted by Gasteiger charge is 2.15. The summed E-state index contributed by atoms with van der Waals surface area (Å²) in [5.41, 5.74) is 0.592. The molecule has 0 unspecified atom stereocenters. The van der Waals surface area contributed by atoms with Crippen molar-refractivity contribution in [3.05, 3.63) is 47.5 Å². The minimum absolute atomic E-state index is 0.0255. The predicted molar refractivity (Wildman–Crippen MR) is 101 cm³/mol. The van der Waals surface area contributed by atoms with Crippen LogP contribution in [0.4, 0.5) is 8.78 Å². The molecule has 10 heteroatoms. The van der Waals surface area contributed by atoms with Crippen molar-refractivity contribution in [3.63, 3.8) is 0 Å². The SMILES string of the molecule is COc1cc(OC)c(OC)cc1CNC(=O)COC(=O)c1cccc(OC(F)F)c1. The van der Waals surface area contributed by atoms with E-state index in [1.54, 1.807) is 12.1 Å². The first-order chi connectivity index (χ1) is 14.4. The molecule has 2 aromatic carbocycles. The molecule has 8 nitrogen and oxygen atoms in total. The van der Waals surface area contributed by atoms with E-state index in [9.17, 15) is 18.4 Å². The summed E-state index contributed by atoms with van der Waals surface area (Å²) in [4.78, 5) is 24.1. The number of alkyl halides is 2. The molecule has 0 bridgehead atoms. The summed E-state index contributed by atoms with van der Waals surface area (Å²) in [6.07, 6.45) is 0. The first-order valence-corrected chi connectivity index (χ1v) is 8.65. The molecule has 0 radical (unpaired) electrons. The van der Waals surface area contributed by atoms with Gasteiger partial charge in [0.2, 0.25) is 0 Å². The lowest BCUT2D eigenvalue weighted by Crippen LogP contribution is -2.28. The third-order valence-electron chi connectivity index (χ3n) is 3.89. The van der Waals surface area contributed by atoms with Gasteiger partial charge >= 0.3 is 12.6 Å². The Hall–Kier alpha value is -3.56. The Kier molecular flexibility index (Phi) is 8.21. The van der Waals surface area contributed by atoms with Gasteiger partial charge in [-0.25, -0.2) is 4.79 Å². The van der Waals surface area contributed by atoms with E-state index in [-0.39, 0.29) is 17.9 Å². The van der Waals surface area contributed by atoms with E-state index in [4.69, 9.17) is 18.9 Å². The van der Waals surface area contributed by atoms with Gasteiger partial charge in [-0.15, -0.1) is 0 Å². The molecule has 0 aliphatic carbocycles. The Labute approximate surface area is 171 Å². The molecule has 0 aliphatic rings. The molecule has 2 aromatic rings. The van der Waals surface area contributed by atoms with E-state index < -0.39 is 25.1 Å². The number of rotatable bonds is 10. The summed E-state index contributed by atoms with van der Waals surface area (Å²) in [7, 11) is 4.44. The van der Waals surface area contributed by atoms with Crippen molar-refractivity contribution in [3.8, 4) is 23.0 Å². The molecule has 0 aromatic heterocycles. The molecule has 1 N–H and O–H groups in total. The monoisotopic (exact) mass is 425 g/mol. The molecule has 0 saturated heterocycles. The van der Waals surface area contributed by atoms with Gasteiger partial charge in [-0.05, 0) is 24.3 Å². The van der Waals surface area contributed by atoms with Gasteiger partial charge in [0, 0.05) is 18.2 Å². The molecular weight excluding hydrogens is 404 g/mol. The molecule has 0 saturated carbocycles. The zero-order valence-corrected chi connectivity index (χ0v) is 16.6. The molecular formula is C20H21F2NO7. The van der Waals surface area contributed by atoms with Gasteiger partial charge in [0.1, 0.15) is 11.5 Å². The Bertz CT molecular complexity index is 889. The van der Waals surface area contributed by atoms with Crippen LogP contribution in [0.2, 0.25) is 0 Å². The predicted octanol–water partition coefficient (Wildman–Crippen LogP) is 2.79. The molecule has 162 valence electrons. The van der Waals surface area contributed by atoms with Gasteiger partial charge in [-0.3, -0.25) is 4.79 Å². The normalized spacial score (nSPS) is 10.3.